The van der Waals surface area contributed by atoms with Gasteiger partial charge in [-0.05, 0) is 12.1 Å². The van der Waals surface area contributed by atoms with Gasteiger partial charge in [-0.15, -0.1) is 0 Å². The minimum absolute atomic E-state index is 0.0793. The smallest absolute Gasteiger partial charge is 0.378 e. The van der Waals surface area contributed by atoms with Gasteiger partial charge in [0.05, 0.1) is 18.8 Å². The standard InChI is InChI=1S/C11H10F3N3O/c12-11(13,14)9-2-1-8(7-15)10(16-9)17-3-5-18-6-4-17/h1-2H,3-6H2. The van der Waals surface area contributed by atoms with Crippen molar-refractivity contribution in [2.45, 2.75) is 6.18 Å². The van der Waals surface area contributed by atoms with Crippen LogP contribution in [-0.4, -0.2) is 31.3 Å². The van der Waals surface area contributed by atoms with Gasteiger partial charge < -0.3 is 9.64 Å². The van der Waals surface area contributed by atoms with Crippen LogP contribution in [0.25, 0.3) is 0 Å². The molecule has 0 atom stereocenters. The van der Waals surface area contributed by atoms with Gasteiger partial charge in [0.15, 0.2) is 0 Å². The zero-order valence-corrected chi connectivity index (χ0v) is 9.37. The number of pyridine rings is 1. The van der Waals surface area contributed by atoms with Crippen molar-refractivity contribution in [1.29, 1.82) is 5.26 Å². The number of halogens is 3. The maximum Gasteiger partial charge on any atom is 0.433 e. The second-order valence-electron chi connectivity index (χ2n) is 3.78. The molecule has 0 bridgehead atoms. The van der Waals surface area contributed by atoms with E-state index in [1.807, 2.05) is 6.07 Å². The van der Waals surface area contributed by atoms with Crippen LogP contribution in [0.15, 0.2) is 12.1 Å². The SMILES string of the molecule is N#Cc1ccc(C(F)(F)F)nc1N1CCOCC1. The lowest BCUT2D eigenvalue weighted by Gasteiger charge is -2.28. The molecule has 0 radical (unpaired) electrons. The second-order valence-corrected chi connectivity index (χ2v) is 3.78. The fourth-order valence-corrected chi connectivity index (χ4v) is 1.71. The quantitative estimate of drug-likeness (QED) is 0.769. The molecule has 2 rings (SSSR count). The van der Waals surface area contributed by atoms with Gasteiger partial charge in [-0.25, -0.2) is 4.98 Å². The molecule has 0 spiro atoms. The van der Waals surface area contributed by atoms with Crippen LogP contribution in [0.5, 0.6) is 0 Å². The summed E-state index contributed by atoms with van der Waals surface area (Å²) in [4.78, 5) is 5.20. The Morgan fingerprint density at radius 1 is 1.28 bits per heavy atom. The molecule has 0 unspecified atom stereocenters. The van der Waals surface area contributed by atoms with Crippen molar-refractivity contribution in [2.24, 2.45) is 0 Å². The highest BCUT2D eigenvalue weighted by Gasteiger charge is 2.33. The van der Waals surface area contributed by atoms with E-state index in [2.05, 4.69) is 4.98 Å². The van der Waals surface area contributed by atoms with Crippen molar-refractivity contribution in [3.8, 4) is 6.07 Å². The summed E-state index contributed by atoms with van der Waals surface area (Å²) in [5.41, 5.74) is -0.840. The number of hydrogen-bond acceptors (Lipinski definition) is 4. The molecular weight excluding hydrogens is 247 g/mol. The van der Waals surface area contributed by atoms with E-state index in [1.165, 1.54) is 0 Å². The first kappa shape index (κ1) is 12.6. The Labute approximate surface area is 102 Å². The lowest BCUT2D eigenvalue weighted by Crippen LogP contribution is -2.37. The molecule has 2 heterocycles. The molecule has 1 saturated heterocycles. The summed E-state index contributed by atoms with van der Waals surface area (Å²) in [6, 6.07) is 3.83. The number of nitrogens with zero attached hydrogens (tertiary/aromatic N) is 3. The first-order chi connectivity index (χ1) is 8.52. The first-order valence-corrected chi connectivity index (χ1v) is 5.33. The third-order valence-corrected chi connectivity index (χ3v) is 2.60. The van der Waals surface area contributed by atoms with Gasteiger partial charge in [0.2, 0.25) is 0 Å². The average molecular weight is 257 g/mol. The minimum atomic E-state index is -4.50. The van der Waals surface area contributed by atoms with E-state index in [9.17, 15) is 13.2 Å². The van der Waals surface area contributed by atoms with Crippen LogP contribution in [0, 0.1) is 11.3 Å². The molecule has 18 heavy (non-hydrogen) atoms. The molecule has 0 amide bonds. The number of morpholine rings is 1. The highest BCUT2D eigenvalue weighted by molar-refractivity contribution is 5.54. The van der Waals surface area contributed by atoms with Crippen LogP contribution in [0.3, 0.4) is 0 Å². The van der Waals surface area contributed by atoms with Crippen LogP contribution in [0.2, 0.25) is 0 Å². The van der Waals surface area contributed by atoms with Crippen molar-refractivity contribution in [1.82, 2.24) is 4.98 Å². The normalized spacial score (nSPS) is 16.4. The number of anilines is 1. The monoisotopic (exact) mass is 257 g/mol. The van der Waals surface area contributed by atoms with Crippen molar-refractivity contribution < 1.29 is 17.9 Å². The molecular formula is C11H10F3N3O. The molecule has 4 nitrogen and oxygen atoms in total. The van der Waals surface area contributed by atoms with Gasteiger partial charge in [-0.2, -0.15) is 18.4 Å². The maximum absolute atomic E-state index is 12.6. The number of rotatable bonds is 1. The summed E-state index contributed by atoms with van der Waals surface area (Å²) in [5.74, 6) is 0.0793. The Morgan fingerprint density at radius 2 is 1.94 bits per heavy atom. The molecule has 0 aromatic carbocycles. The summed E-state index contributed by atoms with van der Waals surface area (Å²) in [7, 11) is 0. The summed E-state index contributed by atoms with van der Waals surface area (Å²) in [6.07, 6.45) is -4.50. The van der Waals surface area contributed by atoms with Crippen LogP contribution in [0.1, 0.15) is 11.3 Å². The minimum Gasteiger partial charge on any atom is -0.378 e. The predicted octanol–water partition coefficient (Wildman–Crippen LogP) is 1.81. The lowest BCUT2D eigenvalue weighted by molar-refractivity contribution is -0.141. The number of nitriles is 1. The van der Waals surface area contributed by atoms with E-state index >= 15 is 0 Å². The Kier molecular flexibility index (Phi) is 3.39. The van der Waals surface area contributed by atoms with Crippen molar-refractivity contribution >= 4 is 5.82 Å². The zero-order valence-electron chi connectivity index (χ0n) is 9.37. The second kappa shape index (κ2) is 4.82. The number of hydrogen-bond donors (Lipinski definition) is 0. The molecule has 1 aromatic rings. The molecule has 0 N–H and O–H groups in total. The Balaban J connectivity index is 2.39. The van der Waals surface area contributed by atoms with E-state index in [0.29, 0.717) is 26.3 Å². The Morgan fingerprint density at radius 3 is 2.50 bits per heavy atom. The maximum atomic E-state index is 12.6. The van der Waals surface area contributed by atoms with Crippen LogP contribution in [-0.2, 0) is 10.9 Å². The fourth-order valence-electron chi connectivity index (χ4n) is 1.71. The summed E-state index contributed by atoms with van der Waals surface area (Å²) in [5, 5.41) is 8.91. The molecule has 1 aliphatic rings. The highest BCUT2D eigenvalue weighted by atomic mass is 19.4. The summed E-state index contributed by atoms with van der Waals surface area (Å²) in [6.45, 7) is 1.71. The number of aromatic nitrogens is 1. The average Bonchev–Trinajstić information content (AvgIpc) is 2.38. The van der Waals surface area contributed by atoms with E-state index in [0.717, 1.165) is 12.1 Å². The Bertz CT molecular complexity index is 475. The van der Waals surface area contributed by atoms with Gasteiger partial charge in [-0.3, -0.25) is 0 Å². The van der Waals surface area contributed by atoms with Gasteiger partial charge >= 0.3 is 6.18 Å². The lowest BCUT2D eigenvalue weighted by atomic mass is 10.2. The molecule has 7 heteroatoms. The Hall–Kier alpha value is -1.81. The van der Waals surface area contributed by atoms with Gasteiger partial charge in [0, 0.05) is 13.1 Å². The fraction of sp³-hybridized carbons (Fsp3) is 0.455. The summed E-state index contributed by atoms with van der Waals surface area (Å²) >= 11 is 0. The van der Waals surface area contributed by atoms with Crippen LogP contribution in [0.4, 0.5) is 19.0 Å². The van der Waals surface area contributed by atoms with Crippen molar-refractivity contribution in [3.63, 3.8) is 0 Å². The van der Waals surface area contributed by atoms with Gasteiger partial charge in [-0.1, -0.05) is 0 Å². The zero-order chi connectivity index (χ0) is 13.2. The van der Waals surface area contributed by atoms with E-state index in [4.69, 9.17) is 10.00 Å². The largest absolute Gasteiger partial charge is 0.433 e. The number of alkyl halides is 3. The first-order valence-electron chi connectivity index (χ1n) is 5.33. The molecule has 0 aliphatic carbocycles. The van der Waals surface area contributed by atoms with Crippen LogP contribution >= 0.6 is 0 Å². The summed E-state index contributed by atoms with van der Waals surface area (Å²) < 4.78 is 42.9. The highest BCUT2D eigenvalue weighted by Crippen LogP contribution is 2.30. The van der Waals surface area contributed by atoms with E-state index < -0.39 is 11.9 Å². The third-order valence-electron chi connectivity index (χ3n) is 2.60. The molecule has 1 aliphatic heterocycles. The topological polar surface area (TPSA) is 49.2 Å². The molecule has 1 aromatic heterocycles. The molecule has 1 fully saturated rings. The van der Waals surface area contributed by atoms with Crippen molar-refractivity contribution in [3.05, 3.63) is 23.4 Å². The van der Waals surface area contributed by atoms with Gasteiger partial charge in [0.25, 0.3) is 0 Å². The van der Waals surface area contributed by atoms with E-state index in [-0.39, 0.29) is 11.4 Å². The van der Waals surface area contributed by atoms with Crippen LogP contribution < -0.4 is 4.90 Å². The number of ether oxygens (including phenoxy) is 1. The predicted molar refractivity (Wildman–Crippen MR) is 57.0 cm³/mol. The van der Waals surface area contributed by atoms with E-state index in [1.54, 1.807) is 4.90 Å². The third kappa shape index (κ3) is 2.54. The molecule has 0 saturated carbocycles. The van der Waals surface area contributed by atoms with Gasteiger partial charge in [0.1, 0.15) is 17.6 Å². The molecule has 96 valence electrons. The van der Waals surface area contributed by atoms with Crippen molar-refractivity contribution in [2.75, 3.05) is 31.2 Å².